The fraction of sp³-hybridized carbons (Fsp3) is 0.360. The van der Waals surface area contributed by atoms with Crippen LogP contribution in [0.4, 0.5) is 5.69 Å². The molecule has 3 rings (SSSR count). The van der Waals surface area contributed by atoms with Gasteiger partial charge in [-0.05, 0) is 63.9 Å². The molecule has 1 heterocycles. The van der Waals surface area contributed by atoms with Gasteiger partial charge in [0, 0.05) is 25.4 Å². The zero-order chi connectivity index (χ0) is 22.4. The number of nitrogens with zero attached hydrogens (tertiary/aromatic N) is 1. The summed E-state index contributed by atoms with van der Waals surface area (Å²) in [6.45, 7) is 9.26. The van der Waals surface area contributed by atoms with Crippen LogP contribution in [0.3, 0.4) is 0 Å². The number of rotatable bonds is 10. The molecule has 0 saturated heterocycles. The number of nitrogens with one attached hydrogen (secondary N) is 1. The first kappa shape index (κ1) is 22.6. The molecule has 2 aromatic carbocycles. The summed E-state index contributed by atoms with van der Waals surface area (Å²) < 4.78 is 11.1. The molecule has 1 aliphatic heterocycles. The minimum Gasteiger partial charge on any atom is -0.491 e. The Morgan fingerprint density at radius 1 is 0.968 bits per heavy atom. The first-order valence-electron chi connectivity index (χ1n) is 10.7. The molecule has 0 unspecified atom stereocenters. The van der Waals surface area contributed by atoms with Gasteiger partial charge in [0.15, 0.2) is 0 Å². The normalized spacial score (nSPS) is 14.0. The second-order valence-electron chi connectivity index (χ2n) is 7.74. The van der Waals surface area contributed by atoms with E-state index in [2.05, 4.69) is 5.32 Å². The van der Waals surface area contributed by atoms with Crippen molar-refractivity contribution >= 4 is 23.1 Å². The van der Waals surface area contributed by atoms with Crippen LogP contribution in [0.25, 0.3) is 5.57 Å². The molecule has 1 N–H and O–H groups in total. The Morgan fingerprint density at radius 2 is 1.65 bits per heavy atom. The minimum atomic E-state index is -0.320. The van der Waals surface area contributed by atoms with Gasteiger partial charge in [0.05, 0.1) is 11.7 Å². The van der Waals surface area contributed by atoms with Crippen molar-refractivity contribution in [2.24, 2.45) is 0 Å². The number of amides is 2. The molecule has 0 fully saturated rings. The molecule has 0 saturated carbocycles. The molecule has 1 aliphatic rings. The highest BCUT2D eigenvalue weighted by Crippen LogP contribution is 2.31. The minimum absolute atomic E-state index is 0.0550. The Morgan fingerprint density at radius 3 is 2.26 bits per heavy atom. The lowest BCUT2D eigenvalue weighted by Gasteiger charge is -2.15. The first-order chi connectivity index (χ1) is 14.9. The highest BCUT2D eigenvalue weighted by Gasteiger charge is 2.38. The summed E-state index contributed by atoms with van der Waals surface area (Å²) in [4.78, 5) is 27.7. The number of benzene rings is 2. The lowest BCUT2D eigenvalue weighted by atomic mass is 10.0. The van der Waals surface area contributed by atoms with Crippen LogP contribution in [0.1, 0.15) is 38.3 Å². The zero-order valence-corrected chi connectivity index (χ0v) is 18.6. The lowest BCUT2D eigenvalue weighted by molar-refractivity contribution is -0.137. The van der Waals surface area contributed by atoms with E-state index >= 15 is 0 Å². The highest BCUT2D eigenvalue weighted by molar-refractivity contribution is 6.36. The average molecular weight is 423 g/mol. The largest absolute Gasteiger partial charge is 0.491 e. The summed E-state index contributed by atoms with van der Waals surface area (Å²) in [5.41, 5.74) is 3.22. The van der Waals surface area contributed by atoms with Crippen LogP contribution < -0.4 is 10.1 Å². The van der Waals surface area contributed by atoms with Gasteiger partial charge in [0.1, 0.15) is 11.4 Å². The number of hydrogen-bond acceptors (Lipinski definition) is 5. The second kappa shape index (κ2) is 10.3. The summed E-state index contributed by atoms with van der Waals surface area (Å²) in [7, 11) is 0. The third-order valence-corrected chi connectivity index (χ3v) is 4.88. The van der Waals surface area contributed by atoms with E-state index in [1.165, 1.54) is 4.90 Å². The van der Waals surface area contributed by atoms with Crippen molar-refractivity contribution in [1.29, 1.82) is 0 Å². The third-order valence-electron chi connectivity index (χ3n) is 4.88. The van der Waals surface area contributed by atoms with Crippen molar-refractivity contribution in [3.8, 4) is 5.75 Å². The first-order valence-corrected chi connectivity index (χ1v) is 10.7. The van der Waals surface area contributed by atoms with E-state index in [9.17, 15) is 9.59 Å². The number of anilines is 1. The summed E-state index contributed by atoms with van der Waals surface area (Å²) in [6.07, 6.45) is 0.650. The van der Waals surface area contributed by atoms with Gasteiger partial charge in [-0.15, -0.1) is 0 Å². The van der Waals surface area contributed by atoms with E-state index in [4.69, 9.17) is 9.47 Å². The molecule has 0 spiro atoms. The topological polar surface area (TPSA) is 67.9 Å². The molecule has 0 aliphatic carbocycles. The molecule has 164 valence electrons. The van der Waals surface area contributed by atoms with Crippen LogP contribution in [-0.2, 0) is 14.3 Å². The number of carbonyl (C=O) groups is 2. The van der Waals surface area contributed by atoms with Gasteiger partial charge in [-0.25, -0.2) is 0 Å². The predicted molar refractivity (Wildman–Crippen MR) is 122 cm³/mol. The lowest BCUT2D eigenvalue weighted by Crippen LogP contribution is -2.34. The number of carbonyl (C=O) groups excluding carboxylic acids is 2. The van der Waals surface area contributed by atoms with E-state index in [-0.39, 0.29) is 17.9 Å². The van der Waals surface area contributed by atoms with Gasteiger partial charge >= 0.3 is 0 Å². The molecular weight excluding hydrogens is 392 g/mol. The Kier molecular flexibility index (Phi) is 7.47. The molecule has 2 aromatic rings. The molecular formula is C25H30N2O4. The molecule has 6 heteroatoms. The van der Waals surface area contributed by atoms with Gasteiger partial charge in [-0.2, -0.15) is 0 Å². The van der Waals surface area contributed by atoms with E-state index in [0.717, 1.165) is 17.0 Å². The smallest absolute Gasteiger partial charge is 0.278 e. The summed E-state index contributed by atoms with van der Waals surface area (Å²) in [5, 5.41) is 3.18. The fourth-order valence-corrected chi connectivity index (χ4v) is 3.39. The Labute approximate surface area is 183 Å². The molecule has 0 bridgehead atoms. The molecule has 0 atom stereocenters. The molecule has 2 amide bonds. The van der Waals surface area contributed by atoms with Gasteiger partial charge in [-0.3, -0.25) is 14.5 Å². The van der Waals surface area contributed by atoms with Crippen molar-refractivity contribution in [3.05, 3.63) is 65.4 Å². The van der Waals surface area contributed by atoms with Crippen molar-refractivity contribution in [2.45, 2.75) is 40.2 Å². The van der Waals surface area contributed by atoms with Crippen LogP contribution in [0.2, 0.25) is 0 Å². The maximum atomic E-state index is 13.2. The van der Waals surface area contributed by atoms with Crippen LogP contribution >= 0.6 is 0 Å². The standard InChI is InChI=1S/C25H30N2O4/c1-5-30-16-6-15-27-24(28)22(19-9-13-21(14-10-19)31-17(2)3)23(25(27)29)26-20-11-7-18(4)8-12-20/h7-14,17,26H,5-6,15-16H2,1-4H3. The van der Waals surface area contributed by atoms with Crippen LogP contribution in [-0.4, -0.2) is 42.6 Å². The van der Waals surface area contributed by atoms with Crippen molar-refractivity contribution in [1.82, 2.24) is 4.90 Å². The number of imide groups is 1. The molecule has 6 nitrogen and oxygen atoms in total. The van der Waals surface area contributed by atoms with Crippen molar-refractivity contribution < 1.29 is 19.1 Å². The predicted octanol–water partition coefficient (Wildman–Crippen LogP) is 4.40. The van der Waals surface area contributed by atoms with E-state index in [1.54, 1.807) is 0 Å². The zero-order valence-electron chi connectivity index (χ0n) is 18.6. The van der Waals surface area contributed by atoms with E-state index in [1.807, 2.05) is 76.2 Å². The number of hydrogen-bond donors (Lipinski definition) is 1. The van der Waals surface area contributed by atoms with Crippen molar-refractivity contribution in [3.63, 3.8) is 0 Å². The average Bonchev–Trinajstić information content (AvgIpc) is 2.97. The fourth-order valence-electron chi connectivity index (χ4n) is 3.39. The molecule has 0 aromatic heterocycles. The Hall–Kier alpha value is -3.12. The van der Waals surface area contributed by atoms with E-state index < -0.39 is 0 Å². The van der Waals surface area contributed by atoms with E-state index in [0.29, 0.717) is 43.0 Å². The van der Waals surface area contributed by atoms with Gasteiger partial charge in [0.2, 0.25) is 0 Å². The van der Waals surface area contributed by atoms with Crippen LogP contribution in [0.15, 0.2) is 54.2 Å². The maximum absolute atomic E-state index is 13.2. The SMILES string of the molecule is CCOCCCN1C(=O)C(Nc2ccc(C)cc2)=C(c2ccc(OC(C)C)cc2)C1=O. The summed E-state index contributed by atoms with van der Waals surface area (Å²) >= 11 is 0. The number of ether oxygens (including phenoxy) is 2. The Bertz CT molecular complexity index is 946. The second-order valence-corrected chi connectivity index (χ2v) is 7.74. The quantitative estimate of drug-likeness (QED) is 0.454. The highest BCUT2D eigenvalue weighted by atomic mass is 16.5. The number of aryl methyl sites for hydroxylation is 1. The van der Waals surface area contributed by atoms with Crippen molar-refractivity contribution in [2.75, 3.05) is 25.1 Å². The third kappa shape index (κ3) is 5.52. The van der Waals surface area contributed by atoms with Gasteiger partial charge in [0.25, 0.3) is 11.8 Å². The van der Waals surface area contributed by atoms with Gasteiger partial charge < -0.3 is 14.8 Å². The van der Waals surface area contributed by atoms with Crippen LogP contribution in [0.5, 0.6) is 5.75 Å². The molecule has 0 radical (unpaired) electrons. The Balaban J connectivity index is 1.91. The maximum Gasteiger partial charge on any atom is 0.278 e. The summed E-state index contributed by atoms with van der Waals surface area (Å²) in [5.74, 6) is 0.103. The monoisotopic (exact) mass is 422 g/mol. The van der Waals surface area contributed by atoms with Crippen LogP contribution in [0, 0.1) is 6.92 Å². The summed E-state index contributed by atoms with van der Waals surface area (Å²) in [6, 6.07) is 15.0. The van der Waals surface area contributed by atoms with Gasteiger partial charge in [-0.1, -0.05) is 29.8 Å². The molecule has 31 heavy (non-hydrogen) atoms.